The summed E-state index contributed by atoms with van der Waals surface area (Å²) in [6.07, 6.45) is 4.07. The summed E-state index contributed by atoms with van der Waals surface area (Å²) in [4.78, 5) is 6.74. The van der Waals surface area contributed by atoms with E-state index in [4.69, 9.17) is 44.6 Å². The zero-order valence-corrected chi connectivity index (χ0v) is 19.0. The van der Waals surface area contributed by atoms with Crippen LogP contribution in [0.5, 0.6) is 0 Å². The van der Waals surface area contributed by atoms with Gasteiger partial charge in [-0.15, -0.1) is 0 Å². The van der Waals surface area contributed by atoms with E-state index < -0.39 is 0 Å². The Morgan fingerprint density at radius 3 is 2.77 bits per heavy atom. The molecule has 0 bridgehead atoms. The molecule has 5 rings (SSSR count). The first kappa shape index (κ1) is 20.8. The summed E-state index contributed by atoms with van der Waals surface area (Å²) in [7, 11) is 0. The standard InChI is InChI=1S/C23H21Cl2N3O2S/c24-16-7-6-14(12-17(16)25)19-8-9-20(30-19)22-21(18-5-1-2-10-26-18)27-23(31)28(22)13-15-4-3-11-29-15/h1-2,5-10,12,15,21-22H,3-4,11,13H2,(H,27,31)/t15-,21+,22+/m0/s1. The lowest BCUT2D eigenvalue weighted by Crippen LogP contribution is -2.36. The van der Waals surface area contributed by atoms with Crippen molar-refractivity contribution in [3.05, 3.63) is 76.2 Å². The summed E-state index contributed by atoms with van der Waals surface area (Å²) >= 11 is 18.0. The molecule has 2 saturated heterocycles. The predicted molar refractivity (Wildman–Crippen MR) is 125 cm³/mol. The number of halogens is 2. The molecule has 0 spiro atoms. The van der Waals surface area contributed by atoms with Gasteiger partial charge in [-0.05, 0) is 67.5 Å². The minimum absolute atomic E-state index is 0.122. The second-order valence-electron chi connectivity index (χ2n) is 7.74. The number of ether oxygens (including phenoxy) is 1. The fourth-order valence-electron chi connectivity index (χ4n) is 4.24. The van der Waals surface area contributed by atoms with Gasteiger partial charge in [-0.25, -0.2) is 0 Å². The molecule has 2 aliphatic rings. The van der Waals surface area contributed by atoms with Crippen molar-refractivity contribution < 1.29 is 9.15 Å². The van der Waals surface area contributed by atoms with Crippen LogP contribution in [0, 0.1) is 0 Å². The van der Waals surface area contributed by atoms with Crippen LogP contribution in [0.2, 0.25) is 10.0 Å². The van der Waals surface area contributed by atoms with Crippen molar-refractivity contribution in [3.63, 3.8) is 0 Å². The molecule has 5 nitrogen and oxygen atoms in total. The number of nitrogens with zero attached hydrogens (tertiary/aromatic N) is 2. The summed E-state index contributed by atoms with van der Waals surface area (Å²) in [5, 5.41) is 5.14. The van der Waals surface area contributed by atoms with Crippen molar-refractivity contribution in [2.45, 2.75) is 31.0 Å². The predicted octanol–water partition coefficient (Wildman–Crippen LogP) is 5.80. The zero-order chi connectivity index (χ0) is 21.4. The summed E-state index contributed by atoms with van der Waals surface area (Å²) in [6, 6.07) is 15.1. The molecule has 0 saturated carbocycles. The number of thiocarbonyl (C=S) groups is 1. The Labute approximate surface area is 196 Å². The Morgan fingerprint density at radius 1 is 1.13 bits per heavy atom. The van der Waals surface area contributed by atoms with Gasteiger partial charge in [-0.1, -0.05) is 29.3 Å². The van der Waals surface area contributed by atoms with Crippen molar-refractivity contribution in [2.24, 2.45) is 0 Å². The van der Waals surface area contributed by atoms with E-state index in [1.54, 1.807) is 12.3 Å². The van der Waals surface area contributed by atoms with Crippen molar-refractivity contribution in [1.29, 1.82) is 0 Å². The molecule has 1 aromatic carbocycles. The Morgan fingerprint density at radius 2 is 2.03 bits per heavy atom. The molecule has 3 aromatic rings. The average Bonchev–Trinajstić information content (AvgIpc) is 3.52. The van der Waals surface area contributed by atoms with E-state index in [0.29, 0.717) is 21.7 Å². The maximum Gasteiger partial charge on any atom is 0.170 e. The van der Waals surface area contributed by atoms with Crippen LogP contribution in [0.4, 0.5) is 0 Å². The molecule has 0 unspecified atom stereocenters. The average molecular weight is 474 g/mol. The maximum atomic E-state index is 6.33. The van der Waals surface area contributed by atoms with E-state index in [-0.39, 0.29) is 18.2 Å². The van der Waals surface area contributed by atoms with E-state index in [1.807, 2.05) is 42.5 Å². The Hall–Kier alpha value is -2.12. The molecule has 0 aliphatic carbocycles. The molecule has 0 radical (unpaired) electrons. The van der Waals surface area contributed by atoms with E-state index in [2.05, 4.69) is 15.2 Å². The Balaban J connectivity index is 1.50. The second-order valence-corrected chi connectivity index (χ2v) is 8.95. The number of hydrogen-bond donors (Lipinski definition) is 1. The quantitative estimate of drug-likeness (QED) is 0.472. The first-order chi connectivity index (χ1) is 15.1. The molecule has 1 N–H and O–H groups in total. The first-order valence-electron chi connectivity index (χ1n) is 10.2. The SMILES string of the molecule is S=C1N[C@H](c2ccccn2)[C@@H](c2ccc(-c3ccc(Cl)c(Cl)c3)o2)N1C[C@@H]1CCCO1. The number of pyridine rings is 1. The number of rotatable bonds is 5. The third-order valence-corrected chi connectivity index (χ3v) is 6.84. The third-order valence-electron chi connectivity index (χ3n) is 5.74. The van der Waals surface area contributed by atoms with Gasteiger partial charge in [-0.2, -0.15) is 0 Å². The van der Waals surface area contributed by atoms with E-state index in [0.717, 1.165) is 42.2 Å². The van der Waals surface area contributed by atoms with Gasteiger partial charge in [0.1, 0.15) is 17.6 Å². The highest BCUT2D eigenvalue weighted by atomic mass is 35.5. The molecule has 4 heterocycles. The van der Waals surface area contributed by atoms with E-state index >= 15 is 0 Å². The van der Waals surface area contributed by atoms with Gasteiger partial charge in [0.05, 0.1) is 27.9 Å². The molecule has 3 atom stereocenters. The van der Waals surface area contributed by atoms with Gasteiger partial charge < -0.3 is 19.4 Å². The number of benzene rings is 1. The minimum Gasteiger partial charge on any atom is -0.459 e. The van der Waals surface area contributed by atoms with Crippen LogP contribution in [0.25, 0.3) is 11.3 Å². The highest BCUT2D eigenvalue weighted by Gasteiger charge is 2.42. The highest BCUT2D eigenvalue weighted by Crippen LogP contribution is 2.41. The van der Waals surface area contributed by atoms with Crippen molar-refractivity contribution >= 4 is 40.5 Å². The number of aromatic nitrogens is 1. The van der Waals surface area contributed by atoms with Crippen LogP contribution >= 0.6 is 35.4 Å². The van der Waals surface area contributed by atoms with Gasteiger partial charge in [0.15, 0.2) is 5.11 Å². The highest BCUT2D eigenvalue weighted by molar-refractivity contribution is 7.80. The topological polar surface area (TPSA) is 50.5 Å². The van der Waals surface area contributed by atoms with Gasteiger partial charge in [-0.3, -0.25) is 4.98 Å². The lowest BCUT2D eigenvalue weighted by molar-refractivity contribution is 0.0818. The van der Waals surface area contributed by atoms with Crippen LogP contribution in [0.1, 0.15) is 36.4 Å². The maximum absolute atomic E-state index is 6.33. The van der Waals surface area contributed by atoms with Crippen LogP contribution < -0.4 is 5.32 Å². The summed E-state index contributed by atoms with van der Waals surface area (Å²) in [5.74, 6) is 1.53. The third kappa shape index (κ3) is 4.17. The van der Waals surface area contributed by atoms with Gasteiger partial charge in [0, 0.05) is 24.9 Å². The first-order valence-corrected chi connectivity index (χ1v) is 11.4. The summed E-state index contributed by atoms with van der Waals surface area (Å²) < 4.78 is 12.2. The van der Waals surface area contributed by atoms with Crippen molar-refractivity contribution in [2.75, 3.05) is 13.2 Å². The molecule has 8 heteroatoms. The fraction of sp³-hybridized carbons (Fsp3) is 0.304. The van der Waals surface area contributed by atoms with Gasteiger partial charge in [0.2, 0.25) is 0 Å². The Kier molecular flexibility index (Phi) is 5.89. The summed E-state index contributed by atoms with van der Waals surface area (Å²) in [5.41, 5.74) is 1.78. The van der Waals surface area contributed by atoms with E-state index in [9.17, 15) is 0 Å². The number of nitrogens with one attached hydrogen (secondary N) is 1. The molecular weight excluding hydrogens is 453 g/mol. The molecule has 2 aromatic heterocycles. The molecule has 0 amide bonds. The molecule has 160 valence electrons. The van der Waals surface area contributed by atoms with Crippen LogP contribution in [0.3, 0.4) is 0 Å². The smallest absolute Gasteiger partial charge is 0.170 e. The Bertz CT molecular complexity index is 1090. The fourth-order valence-corrected chi connectivity index (χ4v) is 4.85. The van der Waals surface area contributed by atoms with Gasteiger partial charge >= 0.3 is 0 Å². The van der Waals surface area contributed by atoms with E-state index in [1.165, 1.54) is 0 Å². The molecule has 2 aliphatic heterocycles. The monoisotopic (exact) mass is 473 g/mol. The minimum atomic E-state index is -0.136. The lowest BCUT2D eigenvalue weighted by atomic mass is 10.0. The van der Waals surface area contributed by atoms with Crippen LogP contribution in [0.15, 0.2) is 59.1 Å². The number of furan rings is 1. The number of hydrogen-bond acceptors (Lipinski definition) is 4. The zero-order valence-electron chi connectivity index (χ0n) is 16.6. The second kappa shape index (κ2) is 8.79. The largest absolute Gasteiger partial charge is 0.459 e. The lowest BCUT2D eigenvalue weighted by Gasteiger charge is -2.28. The van der Waals surface area contributed by atoms with Crippen molar-refractivity contribution in [1.82, 2.24) is 15.2 Å². The van der Waals surface area contributed by atoms with Gasteiger partial charge in [0.25, 0.3) is 0 Å². The van der Waals surface area contributed by atoms with Crippen LogP contribution in [-0.4, -0.2) is 34.3 Å². The van der Waals surface area contributed by atoms with Crippen LogP contribution in [-0.2, 0) is 4.74 Å². The molecular formula is C23H21Cl2N3O2S. The summed E-state index contributed by atoms with van der Waals surface area (Å²) in [6.45, 7) is 1.51. The molecule has 31 heavy (non-hydrogen) atoms. The molecule has 2 fully saturated rings. The normalized spacial score (nSPS) is 23.4. The van der Waals surface area contributed by atoms with Crippen molar-refractivity contribution in [3.8, 4) is 11.3 Å².